The number of anilines is 3. The maximum absolute atomic E-state index is 13.6. The third-order valence-corrected chi connectivity index (χ3v) is 9.50. The van der Waals surface area contributed by atoms with Gasteiger partial charge in [0.2, 0.25) is 5.91 Å². The van der Waals surface area contributed by atoms with E-state index in [2.05, 4.69) is 54.8 Å². The quantitative estimate of drug-likeness (QED) is 0.288. The molecule has 3 amide bonds. The Labute approximate surface area is 239 Å². The van der Waals surface area contributed by atoms with E-state index in [0.717, 1.165) is 21.2 Å². The first kappa shape index (κ1) is 27.2. The molecular formula is C32H33N3O2S2. The molecule has 3 aromatic rings. The highest BCUT2D eigenvalue weighted by molar-refractivity contribution is 8.00. The number of carbonyl (C=O) groups is 2. The summed E-state index contributed by atoms with van der Waals surface area (Å²) >= 11 is 3.29. The number of thioether (sulfide) groups is 2. The Morgan fingerprint density at radius 2 is 1.69 bits per heavy atom. The summed E-state index contributed by atoms with van der Waals surface area (Å²) in [5.41, 5.74) is 3.66. The summed E-state index contributed by atoms with van der Waals surface area (Å²) in [6.45, 7) is 6.32. The number of amides is 3. The fraction of sp³-hybridized carbons (Fsp3) is 0.250. The van der Waals surface area contributed by atoms with Gasteiger partial charge in [0.25, 0.3) is 0 Å². The molecule has 0 fully saturated rings. The molecule has 0 aromatic heterocycles. The highest BCUT2D eigenvalue weighted by atomic mass is 32.2. The van der Waals surface area contributed by atoms with Crippen LogP contribution in [0.1, 0.15) is 38.7 Å². The minimum Gasteiger partial charge on any atom is -0.325 e. The first-order valence-corrected chi connectivity index (χ1v) is 15.1. The van der Waals surface area contributed by atoms with Gasteiger partial charge in [-0.15, -0.1) is 23.5 Å². The summed E-state index contributed by atoms with van der Waals surface area (Å²) < 4.78 is 0. The zero-order valence-corrected chi connectivity index (χ0v) is 24.0. The first-order chi connectivity index (χ1) is 18.9. The second-order valence-corrected chi connectivity index (χ2v) is 12.4. The molecule has 1 aliphatic heterocycles. The van der Waals surface area contributed by atoms with Crippen LogP contribution in [0.5, 0.6) is 0 Å². The molecule has 2 aliphatic rings. The monoisotopic (exact) mass is 555 g/mol. The number of fused-ring (bicyclic) bond motifs is 2. The highest BCUT2D eigenvalue weighted by Gasteiger charge is 2.36. The number of hydrogen-bond donors (Lipinski definition) is 2. The molecular weight excluding hydrogens is 523 g/mol. The molecule has 5 nitrogen and oxygen atoms in total. The third kappa shape index (κ3) is 6.26. The number of nitrogens with one attached hydrogen (secondary N) is 2. The molecule has 0 saturated carbocycles. The van der Waals surface area contributed by atoms with Crippen molar-refractivity contribution in [2.24, 2.45) is 0 Å². The summed E-state index contributed by atoms with van der Waals surface area (Å²) in [7, 11) is 0. The van der Waals surface area contributed by atoms with Gasteiger partial charge >= 0.3 is 6.03 Å². The van der Waals surface area contributed by atoms with Crippen LogP contribution in [0.3, 0.4) is 0 Å². The smallest absolute Gasteiger partial charge is 0.325 e. The molecule has 2 N–H and O–H groups in total. The van der Waals surface area contributed by atoms with Gasteiger partial charge in [0.1, 0.15) is 0 Å². The number of allylic oxidation sites excluding steroid dienone is 2. The van der Waals surface area contributed by atoms with Crippen LogP contribution in [0.2, 0.25) is 0 Å². The molecule has 3 aromatic carbocycles. The summed E-state index contributed by atoms with van der Waals surface area (Å²) in [5, 5.41) is 6.07. The molecule has 0 bridgehead atoms. The first-order valence-electron chi connectivity index (χ1n) is 13.3. The van der Waals surface area contributed by atoms with Gasteiger partial charge in [0, 0.05) is 21.2 Å². The normalized spacial score (nSPS) is 18.3. The highest BCUT2D eigenvalue weighted by Crippen LogP contribution is 2.43. The lowest BCUT2D eigenvalue weighted by Crippen LogP contribution is -2.49. The molecule has 0 saturated heterocycles. The van der Waals surface area contributed by atoms with Gasteiger partial charge in [-0.25, -0.2) is 4.79 Å². The summed E-state index contributed by atoms with van der Waals surface area (Å²) in [5.74, 6) is 0.419. The van der Waals surface area contributed by atoms with Crippen LogP contribution in [0.25, 0.3) is 0 Å². The molecule has 0 spiro atoms. The van der Waals surface area contributed by atoms with Crippen LogP contribution in [-0.4, -0.2) is 28.5 Å². The van der Waals surface area contributed by atoms with E-state index in [0.29, 0.717) is 18.0 Å². The summed E-state index contributed by atoms with van der Waals surface area (Å²) in [4.78, 5) is 30.6. The van der Waals surface area contributed by atoms with Crippen LogP contribution < -0.4 is 15.5 Å². The average molecular weight is 556 g/mol. The van der Waals surface area contributed by atoms with E-state index >= 15 is 0 Å². The molecule has 1 aliphatic carbocycles. The third-order valence-electron chi connectivity index (χ3n) is 6.83. The van der Waals surface area contributed by atoms with Crippen molar-refractivity contribution in [3.05, 3.63) is 103 Å². The number of benzene rings is 3. The average Bonchev–Trinajstić information content (AvgIpc) is 2.95. The van der Waals surface area contributed by atoms with E-state index in [4.69, 9.17) is 0 Å². The van der Waals surface area contributed by atoms with Crippen molar-refractivity contribution >= 4 is 52.5 Å². The topological polar surface area (TPSA) is 61.4 Å². The minimum absolute atomic E-state index is 0.0279. The van der Waals surface area contributed by atoms with Crippen LogP contribution in [0, 0.1) is 0 Å². The number of nitrogens with zero attached hydrogens (tertiary/aromatic N) is 1. The Hall–Kier alpha value is -3.42. The van der Waals surface area contributed by atoms with E-state index in [1.165, 1.54) is 17.3 Å². The number of para-hydroxylation sites is 1. The fourth-order valence-electron chi connectivity index (χ4n) is 4.72. The second kappa shape index (κ2) is 12.2. The SMILES string of the molecule is CCC(Sc1cccc(NC(=O)N2c3ccccc3SC3C=CC=CC32)c1)C(=O)Nc1ccc(C(C)C)cc1. The maximum Gasteiger partial charge on any atom is 0.326 e. The van der Waals surface area contributed by atoms with Crippen LogP contribution in [-0.2, 0) is 4.79 Å². The Morgan fingerprint density at radius 1 is 0.923 bits per heavy atom. The van der Waals surface area contributed by atoms with Crippen molar-refractivity contribution in [1.29, 1.82) is 0 Å². The number of rotatable bonds is 7. The predicted octanol–water partition coefficient (Wildman–Crippen LogP) is 8.33. The molecule has 7 heteroatoms. The maximum atomic E-state index is 13.6. The van der Waals surface area contributed by atoms with E-state index in [1.54, 1.807) is 11.8 Å². The zero-order valence-electron chi connectivity index (χ0n) is 22.3. The number of carbonyl (C=O) groups excluding carboxylic acids is 2. The second-order valence-electron chi connectivity index (χ2n) is 9.92. The van der Waals surface area contributed by atoms with Crippen molar-refractivity contribution < 1.29 is 9.59 Å². The van der Waals surface area contributed by atoms with E-state index in [1.807, 2.05) is 78.6 Å². The number of urea groups is 1. The Balaban J connectivity index is 1.28. The lowest BCUT2D eigenvalue weighted by atomic mass is 10.0. The largest absolute Gasteiger partial charge is 0.326 e. The Bertz CT molecular complexity index is 1400. The zero-order chi connectivity index (χ0) is 27.4. The lowest BCUT2D eigenvalue weighted by Gasteiger charge is -2.40. The molecule has 3 unspecified atom stereocenters. The van der Waals surface area contributed by atoms with Gasteiger partial charge < -0.3 is 10.6 Å². The van der Waals surface area contributed by atoms with Crippen molar-refractivity contribution in [2.45, 2.75) is 59.4 Å². The van der Waals surface area contributed by atoms with Crippen LogP contribution in [0.4, 0.5) is 21.9 Å². The van der Waals surface area contributed by atoms with Crippen molar-refractivity contribution in [3.8, 4) is 0 Å². The molecule has 5 rings (SSSR count). The Morgan fingerprint density at radius 3 is 2.46 bits per heavy atom. The standard InChI is InChI=1S/C32H33N3O2S2/c1-4-28(31(36)33-23-18-16-22(17-19-23)21(2)3)38-25-11-9-10-24(20-25)34-32(37)35-26-12-5-7-14-29(26)39-30-15-8-6-13-27(30)35/h5-21,26,28-29H,4H2,1-3H3,(H,33,36)(H,34,37). The lowest BCUT2D eigenvalue weighted by molar-refractivity contribution is -0.115. The molecule has 200 valence electrons. The predicted molar refractivity (Wildman–Crippen MR) is 165 cm³/mol. The fourth-order valence-corrected chi connectivity index (χ4v) is 6.99. The van der Waals surface area contributed by atoms with Crippen LogP contribution >= 0.6 is 23.5 Å². The van der Waals surface area contributed by atoms with Gasteiger partial charge in [-0.3, -0.25) is 9.69 Å². The molecule has 0 radical (unpaired) electrons. The summed E-state index contributed by atoms with van der Waals surface area (Å²) in [6.07, 6.45) is 8.96. The van der Waals surface area contributed by atoms with E-state index < -0.39 is 0 Å². The van der Waals surface area contributed by atoms with E-state index in [-0.39, 0.29) is 28.5 Å². The minimum atomic E-state index is -0.258. The molecule has 3 atom stereocenters. The van der Waals surface area contributed by atoms with Crippen molar-refractivity contribution in [1.82, 2.24) is 0 Å². The van der Waals surface area contributed by atoms with Gasteiger partial charge in [-0.2, -0.15) is 0 Å². The van der Waals surface area contributed by atoms with Crippen molar-refractivity contribution in [3.63, 3.8) is 0 Å². The van der Waals surface area contributed by atoms with Crippen molar-refractivity contribution in [2.75, 3.05) is 15.5 Å². The van der Waals surface area contributed by atoms with Gasteiger partial charge in [-0.05, 0) is 60.4 Å². The number of hydrogen-bond acceptors (Lipinski definition) is 4. The summed E-state index contributed by atoms with van der Waals surface area (Å²) in [6, 6.07) is 23.6. The van der Waals surface area contributed by atoms with Crippen LogP contribution in [0.15, 0.2) is 107 Å². The van der Waals surface area contributed by atoms with E-state index in [9.17, 15) is 9.59 Å². The van der Waals surface area contributed by atoms with Gasteiger partial charge in [-0.1, -0.05) is 75.4 Å². The van der Waals surface area contributed by atoms with Gasteiger partial charge in [0.15, 0.2) is 0 Å². The molecule has 39 heavy (non-hydrogen) atoms. The Kier molecular flexibility index (Phi) is 8.48. The van der Waals surface area contributed by atoms with Gasteiger partial charge in [0.05, 0.1) is 22.2 Å². The molecule has 1 heterocycles.